The lowest BCUT2D eigenvalue weighted by Crippen LogP contribution is -2.48. The van der Waals surface area contributed by atoms with Gasteiger partial charge >= 0.3 is 6.03 Å². The summed E-state index contributed by atoms with van der Waals surface area (Å²) in [4.78, 5) is 38.0. The van der Waals surface area contributed by atoms with E-state index in [9.17, 15) is 19.6 Å². The number of carbonyl (C=O) groups is 3. The van der Waals surface area contributed by atoms with E-state index in [4.69, 9.17) is 0 Å². The molecule has 1 heterocycles. The van der Waals surface area contributed by atoms with Gasteiger partial charge in [0, 0.05) is 0 Å². The lowest BCUT2D eigenvalue weighted by atomic mass is 9.87. The van der Waals surface area contributed by atoms with Crippen LogP contribution in [0.15, 0.2) is 30.3 Å². The molecule has 1 aromatic rings. The number of amides is 4. The average molecular weight is 342 g/mol. The second-order valence-electron chi connectivity index (χ2n) is 7.31. The normalized spacial score (nSPS) is 21.5. The maximum Gasteiger partial charge on any atom is 0.325 e. The molecule has 2 rings (SSSR count). The quantitative estimate of drug-likeness (QED) is 0.810. The molecule has 1 fully saturated rings. The van der Waals surface area contributed by atoms with Gasteiger partial charge < -0.3 is 10.6 Å². The van der Waals surface area contributed by atoms with Gasteiger partial charge in [-0.05, 0) is 17.9 Å². The molecule has 132 valence electrons. The van der Waals surface area contributed by atoms with Crippen LogP contribution in [0.5, 0.6) is 0 Å². The minimum atomic E-state index is -1.21. The first-order chi connectivity index (χ1) is 11.6. The Balaban J connectivity index is 2.14. The van der Waals surface area contributed by atoms with Gasteiger partial charge in [-0.2, -0.15) is 5.26 Å². The van der Waals surface area contributed by atoms with Crippen molar-refractivity contribution in [2.45, 2.75) is 39.3 Å². The van der Waals surface area contributed by atoms with E-state index in [2.05, 4.69) is 10.6 Å². The molecule has 1 saturated heterocycles. The summed E-state index contributed by atoms with van der Waals surface area (Å²) in [7, 11) is 0. The highest BCUT2D eigenvalue weighted by Gasteiger charge is 2.49. The van der Waals surface area contributed by atoms with Crippen LogP contribution >= 0.6 is 0 Å². The summed E-state index contributed by atoms with van der Waals surface area (Å²) in [6, 6.07) is 9.52. The number of nitrogens with zero attached hydrogens (tertiary/aromatic N) is 2. The maximum atomic E-state index is 12.7. The van der Waals surface area contributed by atoms with E-state index in [0.717, 1.165) is 4.90 Å². The van der Waals surface area contributed by atoms with E-state index in [-0.39, 0.29) is 0 Å². The predicted molar refractivity (Wildman–Crippen MR) is 91.0 cm³/mol. The van der Waals surface area contributed by atoms with Crippen molar-refractivity contribution in [2.75, 3.05) is 6.54 Å². The van der Waals surface area contributed by atoms with Gasteiger partial charge in [-0.1, -0.05) is 51.1 Å². The molecule has 1 aliphatic rings. The number of nitrogens with one attached hydrogen (secondary N) is 2. The Morgan fingerprint density at radius 1 is 1.32 bits per heavy atom. The monoisotopic (exact) mass is 342 g/mol. The Kier molecular flexibility index (Phi) is 4.84. The molecule has 0 aliphatic carbocycles. The summed E-state index contributed by atoms with van der Waals surface area (Å²) < 4.78 is 0. The van der Waals surface area contributed by atoms with Crippen molar-refractivity contribution < 1.29 is 14.4 Å². The fourth-order valence-corrected chi connectivity index (χ4v) is 2.60. The number of hydrogen-bond acceptors (Lipinski definition) is 4. The summed E-state index contributed by atoms with van der Waals surface area (Å²) in [6.07, 6.45) is 0. The molecular formula is C18H22N4O3. The Bertz CT molecular complexity index is 733. The number of hydrogen-bond donors (Lipinski definition) is 2. The number of imide groups is 1. The minimum absolute atomic E-state index is 0.429. The number of carbonyl (C=O) groups excluding carboxylic acids is 3. The molecule has 4 amide bonds. The summed E-state index contributed by atoms with van der Waals surface area (Å²) in [5, 5.41) is 14.4. The average Bonchev–Trinajstić information content (AvgIpc) is 2.76. The van der Waals surface area contributed by atoms with Crippen LogP contribution in [0.3, 0.4) is 0 Å². The van der Waals surface area contributed by atoms with Crippen LogP contribution in [-0.2, 0) is 15.1 Å². The largest absolute Gasteiger partial charge is 0.338 e. The highest BCUT2D eigenvalue weighted by atomic mass is 16.2. The van der Waals surface area contributed by atoms with Crippen molar-refractivity contribution in [1.29, 1.82) is 5.26 Å². The van der Waals surface area contributed by atoms with E-state index in [1.54, 1.807) is 31.2 Å². The zero-order valence-corrected chi connectivity index (χ0v) is 14.8. The minimum Gasteiger partial charge on any atom is -0.338 e. The Morgan fingerprint density at radius 3 is 2.44 bits per heavy atom. The van der Waals surface area contributed by atoms with E-state index >= 15 is 0 Å². The Hall–Kier alpha value is -2.88. The first kappa shape index (κ1) is 18.5. The van der Waals surface area contributed by atoms with Gasteiger partial charge in [-0.3, -0.25) is 14.5 Å². The van der Waals surface area contributed by atoms with E-state index in [1.807, 2.05) is 32.9 Å². The second kappa shape index (κ2) is 6.55. The number of nitriles is 1. The van der Waals surface area contributed by atoms with Crippen molar-refractivity contribution in [2.24, 2.45) is 5.41 Å². The molecule has 2 atom stereocenters. The van der Waals surface area contributed by atoms with Crippen LogP contribution in [0.1, 0.15) is 33.3 Å². The molecular weight excluding hydrogens is 320 g/mol. The summed E-state index contributed by atoms with van der Waals surface area (Å²) >= 11 is 0. The lowest BCUT2D eigenvalue weighted by Gasteiger charge is -2.26. The first-order valence-electron chi connectivity index (χ1n) is 7.98. The Morgan fingerprint density at radius 2 is 1.92 bits per heavy atom. The van der Waals surface area contributed by atoms with E-state index in [0.29, 0.717) is 5.56 Å². The highest BCUT2D eigenvalue weighted by Crippen LogP contribution is 2.28. The summed E-state index contributed by atoms with van der Waals surface area (Å²) in [5.74, 6) is -1.05. The van der Waals surface area contributed by atoms with Gasteiger partial charge in [-0.25, -0.2) is 4.79 Å². The zero-order chi connectivity index (χ0) is 18.8. The number of urea groups is 1. The zero-order valence-electron chi connectivity index (χ0n) is 14.8. The van der Waals surface area contributed by atoms with Crippen LogP contribution < -0.4 is 10.6 Å². The topological polar surface area (TPSA) is 102 Å². The SMILES string of the molecule is CC(C)(C)[C@H](C#N)NC(=O)CN1C(=O)N[C@@](C)(c2ccccc2)C1=O. The number of benzene rings is 1. The molecule has 1 aliphatic heterocycles. The maximum absolute atomic E-state index is 12.7. The van der Waals surface area contributed by atoms with Gasteiger partial charge in [0.25, 0.3) is 5.91 Å². The molecule has 7 heteroatoms. The molecule has 0 saturated carbocycles. The molecule has 0 aromatic heterocycles. The highest BCUT2D eigenvalue weighted by molar-refractivity contribution is 6.09. The second-order valence-corrected chi connectivity index (χ2v) is 7.31. The van der Waals surface area contributed by atoms with Crippen molar-refractivity contribution in [3.8, 4) is 6.07 Å². The molecule has 2 N–H and O–H groups in total. The molecule has 0 bridgehead atoms. The molecule has 7 nitrogen and oxygen atoms in total. The van der Waals surface area contributed by atoms with Crippen LogP contribution in [0, 0.1) is 16.7 Å². The van der Waals surface area contributed by atoms with Gasteiger partial charge in [0.2, 0.25) is 5.91 Å². The van der Waals surface area contributed by atoms with Crippen molar-refractivity contribution >= 4 is 17.8 Å². The third-order valence-electron chi connectivity index (χ3n) is 4.23. The molecule has 0 unspecified atom stereocenters. The fraction of sp³-hybridized carbons (Fsp3) is 0.444. The molecule has 25 heavy (non-hydrogen) atoms. The predicted octanol–water partition coefficient (Wildman–Crippen LogP) is 1.51. The lowest BCUT2D eigenvalue weighted by molar-refractivity contribution is -0.135. The van der Waals surface area contributed by atoms with Gasteiger partial charge in [0.1, 0.15) is 18.1 Å². The summed E-state index contributed by atoms with van der Waals surface area (Å²) in [5.41, 5.74) is -1.03. The van der Waals surface area contributed by atoms with Crippen molar-refractivity contribution in [1.82, 2.24) is 15.5 Å². The van der Waals surface area contributed by atoms with Crippen LogP contribution in [0.25, 0.3) is 0 Å². The molecule has 0 spiro atoms. The van der Waals surface area contributed by atoms with Crippen molar-refractivity contribution in [3.63, 3.8) is 0 Å². The van der Waals surface area contributed by atoms with Gasteiger partial charge in [0.05, 0.1) is 6.07 Å². The van der Waals surface area contributed by atoms with E-state index < -0.39 is 41.4 Å². The standard InChI is InChI=1S/C18H22N4O3/c1-17(2,3)13(10-19)20-14(23)11-22-15(24)18(4,21-16(22)25)12-8-6-5-7-9-12/h5-9,13H,11H2,1-4H3,(H,20,23)(H,21,25)/t13-,18-/m0/s1. The Labute approximate surface area is 147 Å². The molecule has 1 aromatic carbocycles. The van der Waals surface area contributed by atoms with Gasteiger partial charge in [-0.15, -0.1) is 0 Å². The first-order valence-corrected chi connectivity index (χ1v) is 7.98. The third kappa shape index (κ3) is 3.63. The van der Waals surface area contributed by atoms with Crippen LogP contribution in [0.2, 0.25) is 0 Å². The third-order valence-corrected chi connectivity index (χ3v) is 4.23. The fourth-order valence-electron chi connectivity index (χ4n) is 2.60. The molecule has 0 radical (unpaired) electrons. The van der Waals surface area contributed by atoms with Gasteiger partial charge in [0.15, 0.2) is 0 Å². The number of rotatable bonds is 4. The van der Waals surface area contributed by atoms with Crippen molar-refractivity contribution in [3.05, 3.63) is 35.9 Å². The van der Waals surface area contributed by atoms with E-state index in [1.165, 1.54) is 0 Å². The summed E-state index contributed by atoms with van der Waals surface area (Å²) in [6.45, 7) is 6.64. The van der Waals surface area contributed by atoms with Crippen LogP contribution in [-0.4, -0.2) is 35.3 Å². The smallest absolute Gasteiger partial charge is 0.325 e. The van der Waals surface area contributed by atoms with Crippen LogP contribution in [0.4, 0.5) is 4.79 Å².